The van der Waals surface area contributed by atoms with E-state index >= 15 is 0 Å². The van der Waals surface area contributed by atoms with Crippen LogP contribution in [-0.4, -0.2) is 10.2 Å². The number of halogens is 2. The number of phenols is 2. The number of hydrogen-bond donors (Lipinski definition) is 2. The SMILES string of the molecule is Oc1c(Cl)cc(CC=Cc2ccccc2)cc1-c1cc(CC=Cc2ccccc2)cc(Cl)c1O. The van der Waals surface area contributed by atoms with Crippen LogP contribution >= 0.6 is 23.2 Å². The maximum Gasteiger partial charge on any atom is 0.142 e. The van der Waals surface area contributed by atoms with Crippen molar-refractivity contribution in [2.75, 3.05) is 0 Å². The van der Waals surface area contributed by atoms with Crippen molar-refractivity contribution in [3.05, 3.63) is 129 Å². The lowest BCUT2D eigenvalue weighted by molar-refractivity contribution is 0.469. The zero-order valence-electron chi connectivity index (χ0n) is 18.5. The number of benzene rings is 4. The van der Waals surface area contributed by atoms with Crippen LogP contribution in [0.5, 0.6) is 11.5 Å². The van der Waals surface area contributed by atoms with Gasteiger partial charge in [0.05, 0.1) is 10.0 Å². The van der Waals surface area contributed by atoms with E-state index in [1.165, 1.54) is 0 Å². The minimum absolute atomic E-state index is 0.0826. The first kappa shape index (κ1) is 23.7. The van der Waals surface area contributed by atoms with Gasteiger partial charge in [-0.25, -0.2) is 0 Å². The maximum atomic E-state index is 10.7. The van der Waals surface area contributed by atoms with Crippen molar-refractivity contribution in [2.45, 2.75) is 12.8 Å². The predicted octanol–water partition coefficient (Wildman–Crippen LogP) is 8.58. The topological polar surface area (TPSA) is 40.5 Å². The lowest BCUT2D eigenvalue weighted by Gasteiger charge is -2.13. The third-order valence-corrected chi connectivity index (χ3v) is 6.04. The third-order valence-electron chi connectivity index (χ3n) is 5.46. The molecule has 4 aromatic carbocycles. The van der Waals surface area contributed by atoms with Crippen molar-refractivity contribution < 1.29 is 10.2 Å². The Balaban J connectivity index is 1.62. The molecular formula is C30H24Cl2O2. The van der Waals surface area contributed by atoms with Crippen molar-refractivity contribution in [1.29, 1.82) is 0 Å². The van der Waals surface area contributed by atoms with Gasteiger partial charge in [-0.15, -0.1) is 0 Å². The summed E-state index contributed by atoms with van der Waals surface area (Å²) in [6.45, 7) is 0. The molecule has 0 bridgehead atoms. The fraction of sp³-hybridized carbons (Fsp3) is 0.0667. The summed E-state index contributed by atoms with van der Waals surface area (Å²) in [6, 6.07) is 27.2. The molecule has 0 unspecified atom stereocenters. The van der Waals surface area contributed by atoms with E-state index in [1.54, 1.807) is 12.1 Å². The van der Waals surface area contributed by atoms with Gasteiger partial charge < -0.3 is 10.2 Å². The molecule has 0 saturated carbocycles. The summed E-state index contributed by atoms with van der Waals surface area (Å²) < 4.78 is 0. The Morgan fingerprint density at radius 3 is 1.32 bits per heavy atom. The van der Waals surface area contributed by atoms with Crippen LogP contribution in [0, 0.1) is 0 Å². The van der Waals surface area contributed by atoms with Crippen molar-refractivity contribution >= 4 is 35.4 Å². The van der Waals surface area contributed by atoms with Crippen LogP contribution in [0.2, 0.25) is 10.0 Å². The zero-order chi connectivity index (χ0) is 23.9. The van der Waals surface area contributed by atoms with Gasteiger partial charge in [0, 0.05) is 11.1 Å². The summed E-state index contributed by atoms with van der Waals surface area (Å²) in [6.07, 6.45) is 9.40. The molecule has 4 heteroatoms. The van der Waals surface area contributed by atoms with Crippen LogP contribution in [0.25, 0.3) is 23.3 Å². The molecular weight excluding hydrogens is 463 g/mol. The van der Waals surface area contributed by atoms with Crippen molar-refractivity contribution in [1.82, 2.24) is 0 Å². The van der Waals surface area contributed by atoms with Gasteiger partial charge in [-0.3, -0.25) is 0 Å². The van der Waals surface area contributed by atoms with Crippen molar-refractivity contribution in [3.8, 4) is 22.6 Å². The van der Waals surface area contributed by atoms with E-state index in [4.69, 9.17) is 23.2 Å². The Bertz CT molecular complexity index is 1220. The molecule has 0 fully saturated rings. The molecule has 2 N–H and O–H groups in total. The third kappa shape index (κ3) is 5.91. The normalized spacial score (nSPS) is 11.5. The standard InChI is InChI=1S/C30H24Cl2O2/c31-27-19-23(15-7-13-21-9-3-1-4-10-21)17-25(29(27)33)26-18-24(20-28(32)30(26)34)16-8-14-22-11-5-2-6-12-22/h1-14,17-20,33-34H,15-16H2. The smallest absolute Gasteiger partial charge is 0.142 e. The monoisotopic (exact) mass is 486 g/mol. The van der Waals surface area contributed by atoms with Crippen molar-refractivity contribution in [2.24, 2.45) is 0 Å². The molecule has 0 heterocycles. The fourth-order valence-corrected chi connectivity index (χ4v) is 4.23. The molecule has 170 valence electrons. The second-order valence-corrected chi connectivity index (χ2v) is 8.80. The van der Waals surface area contributed by atoms with Gasteiger partial charge in [-0.05, 0) is 59.4 Å². The first-order valence-electron chi connectivity index (χ1n) is 11.0. The van der Waals surface area contributed by atoms with Crippen LogP contribution in [0.3, 0.4) is 0 Å². The molecule has 0 saturated heterocycles. The lowest BCUT2D eigenvalue weighted by Crippen LogP contribution is -1.90. The first-order chi connectivity index (χ1) is 16.5. The largest absolute Gasteiger partial charge is 0.506 e. The van der Waals surface area contributed by atoms with E-state index in [0.717, 1.165) is 22.3 Å². The number of aromatic hydroxyl groups is 2. The van der Waals surface area contributed by atoms with Gasteiger partial charge in [-0.1, -0.05) is 108 Å². The highest BCUT2D eigenvalue weighted by molar-refractivity contribution is 6.33. The first-order valence-corrected chi connectivity index (χ1v) is 11.7. The molecule has 0 aliphatic rings. The summed E-state index contributed by atoms with van der Waals surface area (Å²) >= 11 is 12.7. The molecule has 0 amide bonds. The van der Waals surface area contributed by atoms with Crippen LogP contribution < -0.4 is 0 Å². The molecule has 2 nitrogen and oxygen atoms in total. The van der Waals surface area contributed by atoms with Crippen LogP contribution in [0.1, 0.15) is 22.3 Å². The molecule has 4 rings (SSSR count). The fourth-order valence-electron chi connectivity index (χ4n) is 3.75. The predicted molar refractivity (Wildman–Crippen MR) is 144 cm³/mol. The van der Waals surface area contributed by atoms with Gasteiger partial charge in [0.15, 0.2) is 0 Å². The molecule has 34 heavy (non-hydrogen) atoms. The van der Waals surface area contributed by atoms with Gasteiger partial charge in [0.1, 0.15) is 11.5 Å². The number of phenolic OH excluding ortho intramolecular Hbond substituents is 2. The Labute approximate surface area is 210 Å². The van der Waals surface area contributed by atoms with E-state index in [2.05, 4.69) is 0 Å². The van der Waals surface area contributed by atoms with E-state index in [-0.39, 0.29) is 21.5 Å². The molecule has 0 aromatic heterocycles. The highest BCUT2D eigenvalue weighted by atomic mass is 35.5. The number of allylic oxidation sites excluding steroid dienone is 2. The Morgan fingerprint density at radius 1 is 0.559 bits per heavy atom. The minimum Gasteiger partial charge on any atom is -0.506 e. The molecule has 0 aliphatic carbocycles. The van der Waals surface area contributed by atoms with Crippen LogP contribution in [-0.2, 0) is 12.8 Å². The van der Waals surface area contributed by atoms with Crippen LogP contribution in [0.15, 0.2) is 97.1 Å². The van der Waals surface area contributed by atoms with Gasteiger partial charge in [0.25, 0.3) is 0 Å². The second kappa shape index (κ2) is 11.1. The lowest BCUT2D eigenvalue weighted by atomic mass is 9.96. The minimum atomic E-state index is -0.0826. The Morgan fingerprint density at radius 2 is 0.941 bits per heavy atom. The van der Waals surface area contributed by atoms with E-state index in [0.29, 0.717) is 24.0 Å². The average molecular weight is 487 g/mol. The number of hydrogen-bond acceptors (Lipinski definition) is 2. The van der Waals surface area contributed by atoms with Gasteiger partial charge in [-0.2, -0.15) is 0 Å². The maximum absolute atomic E-state index is 10.7. The summed E-state index contributed by atoms with van der Waals surface area (Å²) in [5, 5.41) is 21.8. The summed E-state index contributed by atoms with van der Waals surface area (Å²) in [5.41, 5.74) is 4.93. The molecule has 4 aromatic rings. The zero-order valence-corrected chi connectivity index (χ0v) is 20.0. The summed E-state index contributed by atoms with van der Waals surface area (Å²) in [5.74, 6) is -0.165. The molecule has 0 atom stereocenters. The number of rotatable bonds is 7. The molecule has 0 spiro atoms. The second-order valence-electron chi connectivity index (χ2n) is 7.98. The Kier molecular flexibility index (Phi) is 7.74. The average Bonchev–Trinajstić information content (AvgIpc) is 2.85. The van der Waals surface area contributed by atoms with Crippen LogP contribution in [0.4, 0.5) is 0 Å². The van der Waals surface area contributed by atoms with E-state index in [9.17, 15) is 10.2 Å². The van der Waals surface area contributed by atoms with Gasteiger partial charge in [0.2, 0.25) is 0 Å². The van der Waals surface area contributed by atoms with Gasteiger partial charge >= 0.3 is 0 Å². The highest BCUT2D eigenvalue weighted by Gasteiger charge is 2.16. The molecule has 0 radical (unpaired) electrons. The quantitative estimate of drug-likeness (QED) is 0.274. The summed E-state index contributed by atoms with van der Waals surface area (Å²) in [4.78, 5) is 0. The molecule has 0 aliphatic heterocycles. The van der Waals surface area contributed by atoms with E-state index in [1.807, 2.05) is 97.1 Å². The summed E-state index contributed by atoms with van der Waals surface area (Å²) in [7, 11) is 0. The van der Waals surface area contributed by atoms with E-state index < -0.39 is 0 Å². The van der Waals surface area contributed by atoms with Crippen molar-refractivity contribution in [3.63, 3.8) is 0 Å². The Hall–Kier alpha value is -3.46. The highest BCUT2D eigenvalue weighted by Crippen LogP contribution is 2.43.